The van der Waals surface area contributed by atoms with E-state index in [0.29, 0.717) is 46.7 Å². The SMILES string of the molecule is CCc1cc2c(=O)c(-c3nc(C)cs3)coc2cc1O[C@H](C)C(=O)N1CCC[C@@H]1C(=O)OC. The number of fused-ring (bicyclic) bond motifs is 1. The number of aryl methyl sites for hydroxylation is 2. The lowest BCUT2D eigenvalue weighted by Crippen LogP contribution is -2.46. The first kappa shape index (κ1) is 23.0. The fourth-order valence-corrected chi connectivity index (χ4v) is 4.90. The number of thiazole rings is 1. The van der Waals surface area contributed by atoms with Crippen molar-refractivity contribution in [3.05, 3.63) is 45.3 Å². The van der Waals surface area contributed by atoms with Crippen molar-refractivity contribution < 1.29 is 23.5 Å². The van der Waals surface area contributed by atoms with E-state index < -0.39 is 18.1 Å². The van der Waals surface area contributed by atoms with Crippen LogP contribution in [0.2, 0.25) is 0 Å². The summed E-state index contributed by atoms with van der Waals surface area (Å²) in [4.78, 5) is 44.1. The maximum Gasteiger partial charge on any atom is 0.328 e. The van der Waals surface area contributed by atoms with Gasteiger partial charge in [0, 0.05) is 23.7 Å². The molecule has 0 N–H and O–H groups in total. The Labute approximate surface area is 195 Å². The molecule has 1 aliphatic heterocycles. The molecule has 1 aromatic carbocycles. The van der Waals surface area contributed by atoms with Crippen LogP contribution in [0.3, 0.4) is 0 Å². The van der Waals surface area contributed by atoms with Gasteiger partial charge in [0.25, 0.3) is 5.91 Å². The van der Waals surface area contributed by atoms with Crippen LogP contribution in [-0.4, -0.2) is 47.6 Å². The highest BCUT2D eigenvalue weighted by Gasteiger charge is 2.37. The minimum absolute atomic E-state index is 0.158. The van der Waals surface area contributed by atoms with E-state index in [1.165, 1.54) is 29.6 Å². The topological polar surface area (TPSA) is 98.9 Å². The Morgan fingerprint density at radius 1 is 1.36 bits per heavy atom. The Bertz CT molecular complexity index is 1260. The molecule has 1 aliphatic rings. The molecule has 0 bridgehead atoms. The summed E-state index contributed by atoms with van der Waals surface area (Å²) in [6, 6.07) is 2.82. The maximum atomic E-state index is 13.1. The fraction of sp³-hybridized carbons (Fsp3) is 0.417. The Morgan fingerprint density at radius 3 is 2.82 bits per heavy atom. The number of ether oxygens (including phenoxy) is 2. The smallest absolute Gasteiger partial charge is 0.328 e. The Morgan fingerprint density at radius 2 is 2.15 bits per heavy atom. The summed E-state index contributed by atoms with van der Waals surface area (Å²) < 4.78 is 16.6. The minimum atomic E-state index is -0.817. The number of esters is 1. The van der Waals surface area contributed by atoms with E-state index in [2.05, 4.69) is 4.98 Å². The summed E-state index contributed by atoms with van der Waals surface area (Å²) in [5.41, 5.74) is 2.26. The molecule has 2 atom stereocenters. The Balaban J connectivity index is 1.63. The van der Waals surface area contributed by atoms with Crippen molar-refractivity contribution in [1.82, 2.24) is 9.88 Å². The summed E-state index contributed by atoms with van der Waals surface area (Å²) in [5, 5.41) is 2.94. The van der Waals surface area contributed by atoms with E-state index in [1.807, 2.05) is 19.2 Å². The molecule has 2 aromatic heterocycles. The lowest BCUT2D eigenvalue weighted by molar-refractivity contribution is -0.153. The Hall–Kier alpha value is -3.20. The number of aromatic nitrogens is 1. The van der Waals surface area contributed by atoms with Gasteiger partial charge in [-0.1, -0.05) is 6.92 Å². The molecule has 8 nitrogen and oxygen atoms in total. The average Bonchev–Trinajstić information content (AvgIpc) is 3.47. The van der Waals surface area contributed by atoms with Gasteiger partial charge in [0.2, 0.25) is 5.43 Å². The number of nitrogens with zero attached hydrogens (tertiary/aromatic N) is 2. The summed E-state index contributed by atoms with van der Waals surface area (Å²) in [5.74, 6) is -0.220. The van der Waals surface area contributed by atoms with Crippen LogP contribution in [0.1, 0.15) is 37.9 Å². The number of hydrogen-bond acceptors (Lipinski definition) is 8. The average molecular weight is 471 g/mol. The van der Waals surface area contributed by atoms with E-state index in [-0.39, 0.29) is 11.3 Å². The highest BCUT2D eigenvalue weighted by atomic mass is 32.1. The van der Waals surface area contributed by atoms with E-state index in [0.717, 1.165) is 17.7 Å². The minimum Gasteiger partial charge on any atom is -0.480 e. The second-order valence-electron chi connectivity index (χ2n) is 8.06. The molecule has 1 saturated heterocycles. The summed E-state index contributed by atoms with van der Waals surface area (Å²) in [6.45, 7) is 5.96. The van der Waals surface area contributed by atoms with Crippen molar-refractivity contribution in [2.45, 2.75) is 52.2 Å². The number of rotatable bonds is 6. The molecular formula is C24H26N2O6S. The summed E-state index contributed by atoms with van der Waals surface area (Å²) in [6.07, 6.45) is 2.51. The summed E-state index contributed by atoms with van der Waals surface area (Å²) in [7, 11) is 1.32. The molecule has 0 radical (unpaired) electrons. The van der Waals surface area contributed by atoms with Crippen molar-refractivity contribution in [1.29, 1.82) is 0 Å². The van der Waals surface area contributed by atoms with Gasteiger partial charge in [-0.25, -0.2) is 9.78 Å². The van der Waals surface area contributed by atoms with Crippen LogP contribution in [0.15, 0.2) is 33.0 Å². The second-order valence-corrected chi connectivity index (χ2v) is 8.91. The fourth-order valence-electron chi connectivity index (χ4n) is 4.10. The van der Waals surface area contributed by atoms with Crippen LogP contribution >= 0.6 is 11.3 Å². The molecule has 0 aliphatic carbocycles. The van der Waals surface area contributed by atoms with E-state index in [1.54, 1.807) is 19.1 Å². The van der Waals surface area contributed by atoms with Gasteiger partial charge in [0.05, 0.1) is 18.1 Å². The number of carbonyl (C=O) groups excluding carboxylic acids is 2. The van der Waals surface area contributed by atoms with Gasteiger partial charge in [-0.2, -0.15) is 0 Å². The second kappa shape index (κ2) is 9.35. The predicted molar refractivity (Wildman–Crippen MR) is 125 cm³/mol. The number of benzene rings is 1. The zero-order valence-corrected chi connectivity index (χ0v) is 19.9. The third kappa shape index (κ3) is 4.37. The van der Waals surface area contributed by atoms with Crippen LogP contribution in [0.4, 0.5) is 0 Å². The highest BCUT2D eigenvalue weighted by molar-refractivity contribution is 7.13. The van der Waals surface area contributed by atoms with E-state index in [9.17, 15) is 14.4 Å². The van der Waals surface area contributed by atoms with Crippen LogP contribution in [0, 0.1) is 6.92 Å². The zero-order chi connectivity index (χ0) is 23.7. The third-order valence-electron chi connectivity index (χ3n) is 5.85. The molecular weight excluding hydrogens is 444 g/mol. The maximum absolute atomic E-state index is 13.1. The lowest BCUT2D eigenvalue weighted by atomic mass is 10.1. The number of carbonyl (C=O) groups is 2. The van der Waals surface area contributed by atoms with Crippen LogP contribution < -0.4 is 10.2 Å². The van der Waals surface area contributed by atoms with Gasteiger partial charge < -0.3 is 18.8 Å². The molecule has 0 unspecified atom stereocenters. The lowest BCUT2D eigenvalue weighted by Gasteiger charge is -2.26. The molecule has 3 aromatic rings. The zero-order valence-electron chi connectivity index (χ0n) is 19.0. The van der Waals surface area contributed by atoms with Gasteiger partial charge in [0.1, 0.15) is 28.6 Å². The van der Waals surface area contributed by atoms with Crippen molar-refractivity contribution >= 4 is 34.2 Å². The monoisotopic (exact) mass is 470 g/mol. The normalized spacial score (nSPS) is 16.7. The molecule has 174 valence electrons. The highest BCUT2D eigenvalue weighted by Crippen LogP contribution is 2.30. The van der Waals surface area contributed by atoms with Crippen molar-refractivity contribution in [3.63, 3.8) is 0 Å². The van der Waals surface area contributed by atoms with Gasteiger partial charge in [-0.3, -0.25) is 9.59 Å². The summed E-state index contributed by atoms with van der Waals surface area (Å²) >= 11 is 1.39. The number of hydrogen-bond donors (Lipinski definition) is 0. The number of likely N-dealkylation sites (tertiary alicyclic amines) is 1. The van der Waals surface area contributed by atoms with Gasteiger partial charge in [-0.15, -0.1) is 11.3 Å². The quantitative estimate of drug-likeness (QED) is 0.506. The molecule has 4 rings (SSSR count). The van der Waals surface area contributed by atoms with Crippen molar-refractivity contribution in [3.8, 4) is 16.3 Å². The number of methoxy groups -OCH3 is 1. The van der Waals surface area contributed by atoms with Crippen LogP contribution in [0.5, 0.6) is 5.75 Å². The van der Waals surface area contributed by atoms with Crippen molar-refractivity contribution in [2.24, 2.45) is 0 Å². The first-order chi connectivity index (χ1) is 15.8. The molecule has 1 amide bonds. The van der Waals surface area contributed by atoms with Gasteiger partial charge in [0.15, 0.2) is 6.10 Å². The molecule has 9 heteroatoms. The first-order valence-corrected chi connectivity index (χ1v) is 11.8. The third-order valence-corrected chi connectivity index (χ3v) is 6.84. The molecule has 0 spiro atoms. The molecule has 0 saturated carbocycles. The van der Waals surface area contributed by atoms with Gasteiger partial charge in [-0.05, 0) is 44.7 Å². The predicted octanol–water partition coefficient (Wildman–Crippen LogP) is 3.72. The molecule has 33 heavy (non-hydrogen) atoms. The Kier molecular flexibility index (Phi) is 6.51. The van der Waals surface area contributed by atoms with Crippen LogP contribution in [0.25, 0.3) is 21.5 Å². The first-order valence-electron chi connectivity index (χ1n) is 10.9. The largest absolute Gasteiger partial charge is 0.480 e. The molecule has 1 fully saturated rings. The molecule has 3 heterocycles. The van der Waals surface area contributed by atoms with Gasteiger partial charge >= 0.3 is 5.97 Å². The van der Waals surface area contributed by atoms with E-state index in [4.69, 9.17) is 13.9 Å². The standard InChI is InChI=1S/C24H26N2O6S/c1-5-15-9-16-20(31-11-17(21(16)27)22-25-13(2)12-33-22)10-19(15)32-14(3)23(28)26-8-6-7-18(26)24(29)30-4/h9-12,14,18H,5-8H2,1-4H3/t14-,18-/m1/s1. The van der Waals surface area contributed by atoms with Crippen molar-refractivity contribution in [2.75, 3.05) is 13.7 Å². The number of amides is 1. The van der Waals surface area contributed by atoms with Crippen LogP contribution in [-0.2, 0) is 20.7 Å². The van der Waals surface area contributed by atoms with E-state index >= 15 is 0 Å².